The van der Waals surface area contributed by atoms with Gasteiger partial charge < -0.3 is 4.90 Å². The molecule has 0 bridgehead atoms. The Labute approximate surface area is 110 Å². The third-order valence-corrected chi connectivity index (χ3v) is 3.54. The second-order valence-corrected chi connectivity index (χ2v) is 5.78. The fourth-order valence-electron chi connectivity index (χ4n) is 2.57. The van der Waals surface area contributed by atoms with E-state index in [1.165, 1.54) is 11.9 Å². The number of hydrogen-bond donors (Lipinski definition) is 0. The Kier molecular flexibility index (Phi) is 5.32. The Morgan fingerprint density at radius 3 is 2.44 bits per heavy atom. The molecule has 1 saturated carbocycles. The van der Waals surface area contributed by atoms with Gasteiger partial charge in [0, 0.05) is 24.9 Å². The molecule has 6 heteroatoms. The molecule has 0 radical (unpaired) electrons. The van der Waals surface area contributed by atoms with E-state index in [0.717, 1.165) is 0 Å². The molecular formula is C12H19ClF3NO. The van der Waals surface area contributed by atoms with Crippen LogP contribution < -0.4 is 0 Å². The van der Waals surface area contributed by atoms with Gasteiger partial charge in [-0.2, -0.15) is 13.2 Å². The zero-order valence-electron chi connectivity index (χ0n) is 10.6. The number of carbonyl (C=O) groups is 1. The van der Waals surface area contributed by atoms with Gasteiger partial charge in [0.25, 0.3) is 0 Å². The van der Waals surface area contributed by atoms with E-state index in [1.54, 1.807) is 6.92 Å². The molecule has 0 saturated heterocycles. The van der Waals surface area contributed by atoms with Crippen LogP contribution in [0.2, 0.25) is 0 Å². The number of halogens is 4. The summed E-state index contributed by atoms with van der Waals surface area (Å²) in [6.07, 6.45) is -2.67. The van der Waals surface area contributed by atoms with E-state index in [1.807, 2.05) is 0 Å². The topological polar surface area (TPSA) is 20.3 Å². The van der Waals surface area contributed by atoms with Crippen molar-refractivity contribution in [3.8, 4) is 0 Å². The molecule has 0 aliphatic heterocycles. The summed E-state index contributed by atoms with van der Waals surface area (Å²) in [6, 6.07) is 0. The lowest BCUT2D eigenvalue weighted by Crippen LogP contribution is -2.44. The molecule has 1 rings (SSSR count). The van der Waals surface area contributed by atoms with Crippen LogP contribution >= 0.6 is 11.6 Å². The van der Waals surface area contributed by atoms with Gasteiger partial charge in [-0.25, -0.2) is 0 Å². The van der Waals surface area contributed by atoms with Gasteiger partial charge in [-0.3, -0.25) is 4.79 Å². The molecule has 1 aliphatic rings. The Balaban J connectivity index is 2.74. The molecule has 0 spiro atoms. The quantitative estimate of drug-likeness (QED) is 0.728. The molecule has 0 aromatic heterocycles. The molecule has 1 amide bonds. The first kappa shape index (κ1) is 15.6. The fourth-order valence-corrected chi connectivity index (χ4v) is 2.78. The van der Waals surface area contributed by atoms with E-state index in [-0.39, 0.29) is 18.3 Å². The molecule has 1 aliphatic carbocycles. The highest BCUT2D eigenvalue weighted by Gasteiger charge is 2.48. The minimum absolute atomic E-state index is 0.0597. The van der Waals surface area contributed by atoms with E-state index in [0.29, 0.717) is 19.3 Å². The normalized spacial score (nSPS) is 26.8. The monoisotopic (exact) mass is 285 g/mol. The minimum atomic E-state index is -4.28. The lowest BCUT2D eigenvalue weighted by molar-refractivity contribution is -0.200. The van der Waals surface area contributed by atoms with Crippen molar-refractivity contribution in [1.82, 2.24) is 4.90 Å². The summed E-state index contributed by atoms with van der Waals surface area (Å²) in [5.41, 5.74) is 0. The van der Waals surface area contributed by atoms with Crippen LogP contribution in [-0.2, 0) is 4.79 Å². The van der Waals surface area contributed by atoms with E-state index in [2.05, 4.69) is 0 Å². The Morgan fingerprint density at radius 2 is 1.94 bits per heavy atom. The predicted octanol–water partition coefficient (Wildman–Crippen LogP) is 3.44. The summed E-state index contributed by atoms with van der Waals surface area (Å²) in [7, 11) is 1.52. The molecule has 0 N–H and O–H groups in total. The van der Waals surface area contributed by atoms with Crippen molar-refractivity contribution < 1.29 is 18.0 Å². The highest BCUT2D eigenvalue weighted by atomic mass is 35.5. The number of carbonyl (C=O) groups excluding carboxylic acids is 1. The van der Waals surface area contributed by atoms with Gasteiger partial charge in [0.1, 0.15) is 0 Å². The Bertz CT molecular complexity index is 294. The maximum atomic E-state index is 12.9. The minimum Gasteiger partial charge on any atom is -0.344 e. The van der Waals surface area contributed by atoms with Gasteiger partial charge in [0.2, 0.25) is 5.91 Å². The van der Waals surface area contributed by atoms with Gasteiger partial charge >= 0.3 is 6.18 Å². The molecule has 1 fully saturated rings. The van der Waals surface area contributed by atoms with Gasteiger partial charge in [0.05, 0.1) is 5.92 Å². The second-order valence-electron chi connectivity index (χ2n) is 5.04. The Hall–Kier alpha value is -0.450. The average molecular weight is 286 g/mol. The third kappa shape index (κ3) is 4.04. The van der Waals surface area contributed by atoms with E-state index < -0.39 is 23.9 Å². The van der Waals surface area contributed by atoms with Crippen LogP contribution in [0.15, 0.2) is 0 Å². The van der Waals surface area contributed by atoms with Crippen LogP contribution in [0.4, 0.5) is 13.2 Å². The van der Waals surface area contributed by atoms with Crippen LogP contribution in [0.3, 0.4) is 0 Å². The summed E-state index contributed by atoms with van der Waals surface area (Å²) in [5.74, 6) is -2.85. The summed E-state index contributed by atoms with van der Waals surface area (Å²) < 4.78 is 38.6. The van der Waals surface area contributed by atoms with E-state index >= 15 is 0 Å². The summed E-state index contributed by atoms with van der Waals surface area (Å²) in [4.78, 5) is 13.4. The van der Waals surface area contributed by atoms with Crippen molar-refractivity contribution >= 4 is 17.5 Å². The molecule has 0 aromatic rings. The lowest BCUT2D eigenvalue weighted by atomic mass is 9.78. The van der Waals surface area contributed by atoms with Crippen molar-refractivity contribution in [2.45, 2.75) is 44.2 Å². The highest BCUT2D eigenvalue weighted by molar-refractivity contribution is 6.20. The number of nitrogens with zero attached hydrogens (tertiary/aromatic N) is 1. The summed E-state index contributed by atoms with van der Waals surface area (Å²) in [5, 5.41) is -0.258. The molecule has 0 aromatic carbocycles. The van der Waals surface area contributed by atoms with E-state index in [9.17, 15) is 18.0 Å². The second kappa shape index (κ2) is 6.13. The SMILES string of the molecule is CC(Cl)CN(C)C(=O)C1CCCCC1C(F)(F)F. The van der Waals surface area contributed by atoms with Crippen LogP contribution in [-0.4, -0.2) is 36.0 Å². The molecular weight excluding hydrogens is 267 g/mol. The van der Waals surface area contributed by atoms with Crippen LogP contribution in [0.1, 0.15) is 32.6 Å². The van der Waals surface area contributed by atoms with Crippen molar-refractivity contribution in [3.05, 3.63) is 0 Å². The first-order valence-corrected chi connectivity index (χ1v) is 6.63. The van der Waals surface area contributed by atoms with Crippen LogP contribution in [0, 0.1) is 11.8 Å². The average Bonchev–Trinajstić information content (AvgIpc) is 2.26. The molecule has 3 atom stereocenters. The van der Waals surface area contributed by atoms with Crippen molar-refractivity contribution in [1.29, 1.82) is 0 Å². The standard InChI is InChI=1S/C12H19ClF3NO/c1-8(13)7-17(2)11(18)9-5-3-4-6-10(9)12(14,15)16/h8-10H,3-7H2,1-2H3. The zero-order valence-corrected chi connectivity index (χ0v) is 11.4. The molecule has 106 valence electrons. The maximum absolute atomic E-state index is 12.9. The zero-order chi connectivity index (χ0) is 13.9. The third-order valence-electron chi connectivity index (χ3n) is 3.41. The number of hydrogen-bond acceptors (Lipinski definition) is 1. The van der Waals surface area contributed by atoms with Gasteiger partial charge in [-0.1, -0.05) is 12.8 Å². The summed E-state index contributed by atoms with van der Waals surface area (Å²) in [6.45, 7) is 1.99. The van der Waals surface area contributed by atoms with Gasteiger partial charge in [-0.05, 0) is 19.8 Å². The predicted molar refractivity (Wildman–Crippen MR) is 64.5 cm³/mol. The number of amides is 1. The first-order chi connectivity index (χ1) is 8.23. The lowest BCUT2D eigenvalue weighted by Gasteiger charge is -2.34. The van der Waals surface area contributed by atoms with Crippen LogP contribution in [0.5, 0.6) is 0 Å². The first-order valence-electron chi connectivity index (χ1n) is 6.19. The van der Waals surface area contributed by atoms with Gasteiger partial charge in [0.15, 0.2) is 0 Å². The molecule has 2 nitrogen and oxygen atoms in total. The summed E-state index contributed by atoms with van der Waals surface area (Å²) >= 11 is 5.77. The van der Waals surface area contributed by atoms with E-state index in [4.69, 9.17) is 11.6 Å². The van der Waals surface area contributed by atoms with Crippen molar-refractivity contribution in [2.24, 2.45) is 11.8 Å². The van der Waals surface area contributed by atoms with Crippen LogP contribution in [0.25, 0.3) is 0 Å². The van der Waals surface area contributed by atoms with Crippen molar-refractivity contribution in [3.63, 3.8) is 0 Å². The number of rotatable bonds is 3. The largest absolute Gasteiger partial charge is 0.392 e. The fraction of sp³-hybridized carbons (Fsp3) is 0.917. The molecule has 0 heterocycles. The van der Waals surface area contributed by atoms with Crippen molar-refractivity contribution in [2.75, 3.05) is 13.6 Å². The van der Waals surface area contributed by atoms with Gasteiger partial charge in [-0.15, -0.1) is 11.6 Å². The highest BCUT2D eigenvalue weighted by Crippen LogP contribution is 2.42. The smallest absolute Gasteiger partial charge is 0.344 e. The molecule has 18 heavy (non-hydrogen) atoms. The number of alkyl halides is 4. The maximum Gasteiger partial charge on any atom is 0.392 e. The Morgan fingerprint density at radius 1 is 1.39 bits per heavy atom. The molecule has 3 unspecified atom stereocenters.